The van der Waals surface area contributed by atoms with E-state index in [4.69, 9.17) is 22.1 Å². The molecule has 1 aromatic heterocycles. The summed E-state index contributed by atoms with van der Waals surface area (Å²) in [5.41, 5.74) is 5.63. The Hall–Kier alpha value is -1.53. The van der Waals surface area contributed by atoms with Crippen LogP contribution >= 0.6 is 27.5 Å². The van der Waals surface area contributed by atoms with Gasteiger partial charge < -0.3 is 15.8 Å². The number of nitrogens with zero attached hydrogens (tertiary/aromatic N) is 2. The topological polar surface area (TPSA) is 73.1 Å². The molecule has 0 aliphatic rings. The summed E-state index contributed by atoms with van der Waals surface area (Å²) < 4.78 is 6.49. The summed E-state index contributed by atoms with van der Waals surface area (Å²) in [6.07, 6.45) is 0. The van der Waals surface area contributed by atoms with Gasteiger partial charge in [0.2, 0.25) is 11.8 Å². The molecule has 100 valence electrons. The number of rotatable bonds is 4. The fourth-order valence-electron chi connectivity index (χ4n) is 1.43. The number of benzene rings is 1. The first kappa shape index (κ1) is 13.9. The van der Waals surface area contributed by atoms with Gasteiger partial charge in [-0.2, -0.15) is 9.97 Å². The number of aromatic nitrogens is 2. The Morgan fingerprint density at radius 3 is 2.89 bits per heavy atom. The molecule has 7 heteroatoms. The van der Waals surface area contributed by atoms with E-state index in [1.54, 1.807) is 18.2 Å². The molecule has 2 aromatic rings. The molecular formula is C12H12BrClN4O. The molecule has 1 heterocycles. The predicted octanol–water partition coefficient (Wildman–Crippen LogP) is 3.70. The van der Waals surface area contributed by atoms with E-state index in [1.807, 2.05) is 13.0 Å². The number of hydrogen-bond donors (Lipinski definition) is 2. The van der Waals surface area contributed by atoms with Crippen LogP contribution in [0.2, 0.25) is 5.02 Å². The first-order valence-electron chi connectivity index (χ1n) is 5.60. The maximum absolute atomic E-state index is 6.05. The summed E-state index contributed by atoms with van der Waals surface area (Å²) in [5.74, 6) is 1.58. The SMILES string of the molecule is CCNc1cc(Oc2cc(Br)ccc2Cl)nc(N)n1. The average Bonchev–Trinajstić information content (AvgIpc) is 2.33. The molecule has 1 aromatic carbocycles. The van der Waals surface area contributed by atoms with Crippen molar-refractivity contribution >= 4 is 39.3 Å². The summed E-state index contributed by atoms with van der Waals surface area (Å²) in [6, 6.07) is 6.98. The Balaban J connectivity index is 2.29. The number of ether oxygens (including phenoxy) is 1. The van der Waals surface area contributed by atoms with E-state index in [-0.39, 0.29) is 5.95 Å². The smallest absolute Gasteiger partial charge is 0.226 e. The highest BCUT2D eigenvalue weighted by molar-refractivity contribution is 9.10. The molecule has 3 N–H and O–H groups in total. The molecule has 0 atom stereocenters. The summed E-state index contributed by atoms with van der Waals surface area (Å²) in [5, 5.41) is 3.54. The Labute approximate surface area is 124 Å². The van der Waals surface area contributed by atoms with Gasteiger partial charge in [-0.1, -0.05) is 27.5 Å². The first-order valence-corrected chi connectivity index (χ1v) is 6.77. The minimum atomic E-state index is 0.138. The lowest BCUT2D eigenvalue weighted by molar-refractivity contribution is 0.463. The number of hydrogen-bond acceptors (Lipinski definition) is 5. The quantitative estimate of drug-likeness (QED) is 0.885. The molecule has 5 nitrogen and oxygen atoms in total. The number of nitrogens with two attached hydrogens (primary N) is 1. The molecule has 0 spiro atoms. The van der Waals surface area contributed by atoms with Gasteiger partial charge in [-0.15, -0.1) is 0 Å². The van der Waals surface area contributed by atoms with E-state index in [9.17, 15) is 0 Å². The van der Waals surface area contributed by atoms with Gasteiger partial charge >= 0.3 is 0 Å². The molecule has 0 radical (unpaired) electrons. The summed E-state index contributed by atoms with van der Waals surface area (Å²) >= 11 is 9.41. The van der Waals surface area contributed by atoms with E-state index in [1.165, 1.54) is 0 Å². The van der Waals surface area contributed by atoms with Crippen LogP contribution < -0.4 is 15.8 Å². The second-order valence-corrected chi connectivity index (χ2v) is 4.98. The van der Waals surface area contributed by atoms with Crippen molar-refractivity contribution in [2.45, 2.75) is 6.92 Å². The molecule has 0 aliphatic carbocycles. The van der Waals surface area contributed by atoms with E-state index in [2.05, 4.69) is 31.2 Å². The average molecular weight is 344 g/mol. The minimum Gasteiger partial charge on any atom is -0.437 e. The van der Waals surface area contributed by atoms with Gasteiger partial charge in [-0.3, -0.25) is 0 Å². The monoisotopic (exact) mass is 342 g/mol. The zero-order valence-electron chi connectivity index (χ0n) is 10.2. The number of nitrogen functional groups attached to an aromatic ring is 1. The molecule has 0 saturated carbocycles. The van der Waals surface area contributed by atoms with Crippen molar-refractivity contribution in [1.29, 1.82) is 0 Å². The minimum absolute atomic E-state index is 0.138. The van der Waals surface area contributed by atoms with Crippen LogP contribution in [-0.2, 0) is 0 Å². The van der Waals surface area contributed by atoms with Crippen molar-refractivity contribution in [2.24, 2.45) is 0 Å². The maximum Gasteiger partial charge on any atom is 0.226 e. The molecule has 19 heavy (non-hydrogen) atoms. The van der Waals surface area contributed by atoms with Gasteiger partial charge in [0.15, 0.2) is 0 Å². The lowest BCUT2D eigenvalue weighted by Gasteiger charge is -2.09. The van der Waals surface area contributed by atoms with Gasteiger partial charge in [0.25, 0.3) is 0 Å². The molecule has 0 bridgehead atoms. The maximum atomic E-state index is 6.05. The first-order chi connectivity index (χ1) is 9.08. The van der Waals surface area contributed by atoms with Gasteiger partial charge in [0.1, 0.15) is 11.6 Å². The number of anilines is 2. The zero-order chi connectivity index (χ0) is 13.8. The summed E-state index contributed by atoms with van der Waals surface area (Å²) in [7, 11) is 0. The van der Waals surface area contributed by atoms with Gasteiger partial charge in [0.05, 0.1) is 5.02 Å². The summed E-state index contributed by atoms with van der Waals surface area (Å²) in [6.45, 7) is 2.69. The number of nitrogens with one attached hydrogen (secondary N) is 1. The van der Waals surface area contributed by atoms with Crippen molar-refractivity contribution in [3.8, 4) is 11.6 Å². The van der Waals surface area contributed by atoms with E-state index in [0.717, 1.165) is 11.0 Å². The van der Waals surface area contributed by atoms with E-state index >= 15 is 0 Å². The Morgan fingerprint density at radius 1 is 1.37 bits per heavy atom. The van der Waals surface area contributed by atoms with Crippen molar-refractivity contribution in [2.75, 3.05) is 17.6 Å². The van der Waals surface area contributed by atoms with Crippen molar-refractivity contribution in [1.82, 2.24) is 9.97 Å². The van der Waals surface area contributed by atoms with Crippen LogP contribution in [0.3, 0.4) is 0 Å². The second kappa shape index (κ2) is 6.08. The van der Waals surface area contributed by atoms with Crippen LogP contribution in [0.5, 0.6) is 11.6 Å². The van der Waals surface area contributed by atoms with Gasteiger partial charge in [-0.05, 0) is 25.1 Å². The lowest BCUT2D eigenvalue weighted by atomic mass is 10.3. The standard InChI is InChI=1S/C12H12BrClN4O/c1-2-16-10-6-11(18-12(15)17-10)19-9-5-7(13)3-4-8(9)14/h3-6H,2H2,1H3,(H3,15,16,17,18). The highest BCUT2D eigenvalue weighted by atomic mass is 79.9. The highest BCUT2D eigenvalue weighted by Crippen LogP contribution is 2.31. The highest BCUT2D eigenvalue weighted by Gasteiger charge is 2.07. The number of halogens is 2. The largest absolute Gasteiger partial charge is 0.437 e. The van der Waals surface area contributed by atoms with Crippen LogP contribution in [0.4, 0.5) is 11.8 Å². The van der Waals surface area contributed by atoms with Crippen LogP contribution in [0.1, 0.15) is 6.92 Å². The summed E-state index contributed by atoms with van der Waals surface area (Å²) in [4.78, 5) is 8.05. The third-order valence-corrected chi connectivity index (χ3v) is 2.99. The normalized spacial score (nSPS) is 10.3. The molecule has 0 saturated heterocycles. The van der Waals surface area contributed by atoms with E-state index < -0.39 is 0 Å². The van der Waals surface area contributed by atoms with Crippen LogP contribution in [0, 0.1) is 0 Å². The Bertz CT molecular complexity index is 594. The fraction of sp³-hybridized carbons (Fsp3) is 0.167. The zero-order valence-corrected chi connectivity index (χ0v) is 12.5. The van der Waals surface area contributed by atoms with Crippen molar-refractivity contribution in [3.63, 3.8) is 0 Å². The third-order valence-electron chi connectivity index (χ3n) is 2.19. The second-order valence-electron chi connectivity index (χ2n) is 3.66. The molecular weight excluding hydrogens is 332 g/mol. The molecule has 2 rings (SSSR count). The van der Waals surface area contributed by atoms with E-state index in [0.29, 0.717) is 22.5 Å². The van der Waals surface area contributed by atoms with Crippen LogP contribution in [0.25, 0.3) is 0 Å². The van der Waals surface area contributed by atoms with Crippen LogP contribution in [-0.4, -0.2) is 16.5 Å². The van der Waals surface area contributed by atoms with Crippen molar-refractivity contribution < 1.29 is 4.74 Å². The fourth-order valence-corrected chi connectivity index (χ4v) is 1.93. The van der Waals surface area contributed by atoms with Crippen LogP contribution in [0.15, 0.2) is 28.7 Å². The molecule has 0 amide bonds. The van der Waals surface area contributed by atoms with Gasteiger partial charge in [0, 0.05) is 17.1 Å². The van der Waals surface area contributed by atoms with Crippen molar-refractivity contribution in [3.05, 3.63) is 33.8 Å². The third kappa shape index (κ3) is 3.71. The Morgan fingerprint density at radius 2 is 2.16 bits per heavy atom. The molecule has 0 fully saturated rings. The Kier molecular flexibility index (Phi) is 4.44. The van der Waals surface area contributed by atoms with Gasteiger partial charge in [-0.25, -0.2) is 0 Å². The molecule has 0 aliphatic heterocycles. The predicted molar refractivity (Wildman–Crippen MR) is 79.8 cm³/mol. The molecule has 0 unspecified atom stereocenters. The lowest BCUT2D eigenvalue weighted by Crippen LogP contribution is -2.04.